The molecule has 0 aromatic carbocycles. The van der Waals surface area contributed by atoms with Gasteiger partial charge in [0.25, 0.3) is 0 Å². The van der Waals surface area contributed by atoms with Crippen LogP contribution in [0.3, 0.4) is 0 Å². The minimum atomic E-state index is -6.98. The summed E-state index contributed by atoms with van der Waals surface area (Å²) in [7, 11) is 0. The molecule has 0 aromatic rings. The van der Waals surface area contributed by atoms with E-state index in [4.69, 9.17) is 32.6 Å². The van der Waals surface area contributed by atoms with Crippen molar-refractivity contribution in [3.8, 4) is 0 Å². The van der Waals surface area contributed by atoms with Crippen LogP contribution in [0.2, 0.25) is 0 Å². The van der Waals surface area contributed by atoms with Gasteiger partial charge in [0.1, 0.15) is 0 Å². The minimum Gasteiger partial charge on any atom is -0.830 e. The van der Waals surface area contributed by atoms with Gasteiger partial charge in [0.15, 0.2) is 22.4 Å². The van der Waals surface area contributed by atoms with Crippen LogP contribution in [0, 0.1) is 46.6 Å². The molecule has 0 aromatic heterocycles. The molecule has 0 aliphatic carbocycles. The van der Waals surface area contributed by atoms with Gasteiger partial charge >= 0.3 is 171 Å². The van der Waals surface area contributed by atoms with Crippen LogP contribution in [-0.2, 0) is 54.9 Å². The number of rotatable bonds is 0. The quantitative estimate of drug-likeness (QED) is 0.115. The van der Waals surface area contributed by atoms with Crippen molar-refractivity contribution >= 4 is 17.4 Å². The third-order valence-electron chi connectivity index (χ3n) is 4.79. The van der Waals surface area contributed by atoms with Crippen molar-refractivity contribution in [1.82, 2.24) is 0 Å². The van der Waals surface area contributed by atoms with Crippen LogP contribution in [0.5, 0.6) is 0 Å². The predicted octanol–water partition coefficient (Wildman–Crippen LogP) is 6.44. The van der Waals surface area contributed by atoms with E-state index in [2.05, 4.69) is 46.6 Å². The molecule has 0 saturated carbocycles. The summed E-state index contributed by atoms with van der Waals surface area (Å²) in [5.74, 6) is 0. The Labute approximate surface area is 394 Å². The SMILES string of the molecule is [Al+3].[C-]#[O+].[C-]#[O+].[C-]#[O+].[C-]#[O+].[C-]#[O+].[C-]#[O+].[C-]#[O+].[O-]C(C(F)(F)F)(C(F)(F)F)C(F)(F)F.[O-]C(C(F)(F)F)(C(F)(F)F)C(F)(F)F.[O-]C(C(F)(F)F)(C(F)(F)F)C(F)(F)F.[O-]C(C(F)(F)F)(C(F)(F)F)C(F)(F)F.[Ta]. The molecule has 0 spiro atoms. The van der Waals surface area contributed by atoms with E-state index < -0.39 is 96.5 Å². The zero-order valence-electron chi connectivity index (χ0n) is 30.6. The van der Waals surface area contributed by atoms with Gasteiger partial charge in [0.2, 0.25) is 0 Å². The standard InChI is InChI=1S/4C4F9O.7CO.Al.Ta/c4*5-2(6,7)1(14,3(8,9)10)4(11,12)13;7*1-2;;/q4*-1;;;;;;;;+3;. The van der Waals surface area contributed by atoms with Gasteiger partial charge in [-0.1, -0.05) is 0 Å². The fraction of sp³-hybridized carbons (Fsp3) is 0.696. The molecule has 419 valence electrons. The topological polar surface area (TPSA) is 232 Å². The average Bonchev–Trinajstić information content (AvgIpc) is 3.14. The molecule has 0 heterocycles. The van der Waals surface area contributed by atoms with Gasteiger partial charge in [-0.15, -0.1) is 0 Å². The molecule has 0 bridgehead atoms. The maximum Gasteiger partial charge on any atom is 0.397 e. The summed E-state index contributed by atoms with van der Waals surface area (Å²) in [6.45, 7) is 31.5. The Morgan fingerprint density at radius 3 is 0.194 bits per heavy atom. The van der Waals surface area contributed by atoms with E-state index in [0.717, 1.165) is 0 Å². The molecule has 0 aliphatic heterocycles. The second kappa shape index (κ2) is 35.1. The molecule has 1 radical (unpaired) electrons. The van der Waals surface area contributed by atoms with Crippen molar-refractivity contribution in [3.63, 3.8) is 0 Å². The number of hydrogen-bond acceptors (Lipinski definition) is 4. The molecule has 0 atom stereocenters. The van der Waals surface area contributed by atoms with Crippen molar-refractivity contribution in [2.75, 3.05) is 0 Å². The summed E-state index contributed by atoms with van der Waals surface area (Å²) in [6, 6.07) is 0. The monoisotopic (exact) mass is 1340 g/mol. The Hall–Kier alpha value is -3.23. The maximum atomic E-state index is 11.3. The van der Waals surface area contributed by atoms with Crippen molar-refractivity contribution in [2.24, 2.45) is 0 Å². The maximum absolute atomic E-state index is 11.3. The van der Waals surface area contributed by atoms with E-state index in [1.165, 1.54) is 0 Å². The summed E-state index contributed by atoms with van der Waals surface area (Å²) >= 11 is 0. The Morgan fingerprint density at radius 2 is 0.194 bits per heavy atom. The fourth-order valence-corrected chi connectivity index (χ4v) is 1.93. The second-order valence-electron chi connectivity index (χ2n) is 8.70. The number of alkyl halides is 36. The van der Waals surface area contributed by atoms with Gasteiger partial charge in [0.05, 0.1) is 0 Å². The number of hydrogen-bond donors (Lipinski definition) is 0. The molecular formula is C23AlF36O11Ta-. The molecule has 0 unspecified atom stereocenters. The molecule has 72 heavy (non-hydrogen) atoms. The van der Waals surface area contributed by atoms with Crippen LogP contribution in [0.25, 0.3) is 0 Å². The van der Waals surface area contributed by atoms with E-state index >= 15 is 0 Å². The predicted molar refractivity (Wildman–Crippen MR) is 117 cm³/mol. The van der Waals surface area contributed by atoms with E-state index in [1.807, 2.05) is 0 Å². The van der Waals surface area contributed by atoms with Gasteiger partial charge in [-0.2, -0.15) is 158 Å². The summed E-state index contributed by atoms with van der Waals surface area (Å²) < 4.78 is 461. The minimum absolute atomic E-state index is 0. The van der Waals surface area contributed by atoms with E-state index in [9.17, 15) is 178 Å². The molecule has 0 saturated heterocycles. The fourth-order valence-electron chi connectivity index (χ4n) is 1.93. The van der Waals surface area contributed by atoms with E-state index in [1.54, 1.807) is 0 Å². The normalized spacial score (nSPS) is 12.5. The van der Waals surface area contributed by atoms with Crippen LogP contribution in [0.15, 0.2) is 0 Å². The van der Waals surface area contributed by atoms with Crippen LogP contribution in [0.1, 0.15) is 0 Å². The average molecular weight is 1340 g/mol. The third kappa shape index (κ3) is 26.3. The van der Waals surface area contributed by atoms with Crippen LogP contribution < -0.4 is 20.4 Å². The molecule has 0 amide bonds. The Morgan fingerprint density at radius 1 is 0.167 bits per heavy atom. The van der Waals surface area contributed by atoms with Crippen LogP contribution >= 0.6 is 0 Å². The summed E-state index contributed by atoms with van der Waals surface area (Å²) in [5, 5.41) is 39.2. The van der Waals surface area contributed by atoms with Gasteiger partial charge in [-0.25, -0.2) is 0 Å². The third-order valence-corrected chi connectivity index (χ3v) is 4.79. The van der Waals surface area contributed by atoms with Crippen molar-refractivity contribution in [3.05, 3.63) is 46.6 Å². The zero-order valence-corrected chi connectivity index (χ0v) is 35.0. The first-order valence-electron chi connectivity index (χ1n) is 12.0. The molecule has 49 heteroatoms. The van der Waals surface area contributed by atoms with Gasteiger partial charge < -0.3 is 20.4 Å². The Balaban J connectivity index is -0.0000000535. The molecule has 11 nitrogen and oxygen atoms in total. The van der Waals surface area contributed by atoms with Crippen LogP contribution in [-0.4, -0.2) is 114 Å². The first kappa shape index (κ1) is 102. The van der Waals surface area contributed by atoms with Gasteiger partial charge in [-0.3, -0.25) is 0 Å². The molecule has 0 fully saturated rings. The molecular weight excluding hydrogens is 1340 g/mol. The molecule has 0 aliphatic rings. The molecule has 0 rings (SSSR count). The van der Waals surface area contributed by atoms with E-state index in [-0.39, 0.29) is 39.7 Å². The zero-order chi connectivity index (χ0) is 62.0. The van der Waals surface area contributed by atoms with Crippen molar-refractivity contribution in [1.29, 1.82) is 0 Å². The Bertz CT molecular complexity index is 1170. The van der Waals surface area contributed by atoms with E-state index in [0.29, 0.717) is 0 Å². The summed E-state index contributed by atoms with van der Waals surface area (Å²) in [5.41, 5.74) is -27.8. The molecule has 0 N–H and O–H groups in total. The second-order valence-corrected chi connectivity index (χ2v) is 8.70. The largest absolute Gasteiger partial charge is 0.830 e. The van der Waals surface area contributed by atoms with Gasteiger partial charge in [0, 0.05) is 22.4 Å². The smallest absolute Gasteiger partial charge is 0.397 e. The van der Waals surface area contributed by atoms with Gasteiger partial charge in [-0.05, 0) is 0 Å². The van der Waals surface area contributed by atoms with Crippen molar-refractivity contribution < 1.29 is 233 Å². The number of halogens is 36. The van der Waals surface area contributed by atoms with Crippen LogP contribution in [0.4, 0.5) is 158 Å². The first-order valence-corrected chi connectivity index (χ1v) is 12.0. The summed E-state index contributed by atoms with van der Waals surface area (Å²) in [4.78, 5) is 0. The first-order chi connectivity index (χ1) is 30.0. The van der Waals surface area contributed by atoms with Crippen molar-refractivity contribution in [2.45, 2.75) is 96.5 Å². The Kier molecular flexibility index (Phi) is 49.5. The summed E-state index contributed by atoms with van der Waals surface area (Å²) in [6.07, 6.45) is -83.8.